The van der Waals surface area contributed by atoms with E-state index in [1.807, 2.05) is 45.0 Å². The summed E-state index contributed by atoms with van der Waals surface area (Å²) in [6.45, 7) is 9.51. The highest BCUT2D eigenvalue weighted by Crippen LogP contribution is 2.27. The van der Waals surface area contributed by atoms with Gasteiger partial charge < -0.3 is 15.0 Å². The van der Waals surface area contributed by atoms with Gasteiger partial charge in [0, 0.05) is 12.6 Å². The maximum atomic E-state index is 14.2. The van der Waals surface area contributed by atoms with Crippen LogP contribution in [0.4, 0.5) is 5.69 Å². The van der Waals surface area contributed by atoms with Crippen molar-refractivity contribution < 1.29 is 22.7 Å². The Labute approximate surface area is 250 Å². The summed E-state index contributed by atoms with van der Waals surface area (Å²) in [6, 6.07) is 21.7. The molecule has 0 saturated heterocycles. The highest BCUT2D eigenvalue weighted by atomic mass is 32.2. The molecule has 0 saturated carbocycles. The van der Waals surface area contributed by atoms with Crippen molar-refractivity contribution in [3.8, 4) is 5.75 Å². The molecule has 2 atom stereocenters. The van der Waals surface area contributed by atoms with Crippen LogP contribution in [0.25, 0.3) is 0 Å². The number of nitrogens with zero attached hydrogens (tertiary/aromatic N) is 2. The van der Waals surface area contributed by atoms with Gasteiger partial charge >= 0.3 is 0 Å². The zero-order valence-electron chi connectivity index (χ0n) is 25.4. The molecule has 8 nitrogen and oxygen atoms in total. The van der Waals surface area contributed by atoms with Gasteiger partial charge in [-0.05, 0) is 73.2 Å². The normalized spacial score (nSPS) is 12.8. The van der Waals surface area contributed by atoms with Crippen molar-refractivity contribution in [3.05, 3.63) is 90.0 Å². The Bertz CT molecular complexity index is 1410. The Morgan fingerprint density at radius 1 is 0.857 bits per heavy atom. The molecule has 226 valence electrons. The van der Waals surface area contributed by atoms with Crippen molar-refractivity contribution in [2.75, 3.05) is 18.0 Å². The van der Waals surface area contributed by atoms with E-state index in [0.29, 0.717) is 17.9 Å². The van der Waals surface area contributed by atoms with Crippen molar-refractivity contribution in [1.82, 2.24) is 10.2 Å². The van der Waals surface area contributed by atoms with Crippen molar-refractivity contribution in [2.24, 2.45) is 0 Å². The molecule has 0 bridgehead atoms. The predicted molar refractivity (Wildman–Crippen MR) is 167 cm³/mol. The number of carbonyl (C=O) groups excluding carboxylic acids is 2. The number of amides is 2. The minimum atomic E-state index is -4.10. The number of methoxy groups -OCH3 is 1. The van der Waals surface area contributed by atoms with Crippen molar-refractivity contribution in [2.45, 2.75) is 76.9 Å². The fourth-order valence-electron chi connectivity index (χ4n) is 4.56. The first-order valence-electron chi connectivity index (χ1n) is 14.4. The van der Waals surface area contributed by atoms with Gasteiger partial charge in [-0.3, -0.25) is 13.9 Å². The summed E-state index contributed by atoms with van der Waals surface area (Å²) in [5.74, 6) is 0.175. The molecule has 0 aliphatic heterocycles. The standard InChI is InChI=1S/C33H43N3O5S/c1-7-25(5)34-33(38)31(8-2)35(22-26-14-20-29(41-6)21-15-26)32(37)23-36(28-18-16-27(17-19-28)24(3)4)42(39,40)30-12-10-9-11-13-30/h9-21,24-25,31H,7-8,22-23H2,1-6H3,(H,34,38)/t25-,31+/m1/s1. The Balaban J connectivity index is 2.05. The van der Waals surface area contributed by atoms with E-state index in [-0.39, 0.29) is 29.3 Å². The van der Waals surface area contributed by atoms with Gasteiger partial charge in [-0.25, -0.2) is 8.42 Å². The Morgan fingerprint density at radius 3 is 2.00 bits per heavy atom. The number of anilines is 1. The van der Waals surface area contributed by atoms with Crippen LogP contribution in [0.5, 0.6) is 5.75 Å². The van der Waals surface area contributed by atoms with Crippen LogP contribution < -0.4 is 14.4 Å². The van der Waals surface area contributed by atoms with Gasteiger partial charge in [-0.2, -0.15) is 0 Å². The first kappa shape index (κ1) is 32.7. The van der Waals surface area contributed by atoms with E-state index in [0.717, 1.165) is 21.9 Å². The number of hydrogen-bond acceptors (Lipinski definition) is 5. The fraction of sp³-hybridized carbons (Fsp3) is 0.394. The smallest absolute Gasteiger partial charge is 0.264 e. The van der Waals surface area contributed by atoms with Crippen molar-refractivity contribution >= 4 is 27.5 Å². The number of carbonyl (C=O) groups is 2. The van der Waals surface area contributed by atoms with Crippen LogP contribution in [0.1, 0.15) is 64.5 Å². The van der Waals surface area contributed by atoms with Crippen LogP contribution >= 0.6 is 0 Å². The molecule has 3 rings (SSSR count). The van der Waals surface area contributed by atoms with Crippen LogP contribution in [0.15, 0.2) is 83.8 Å². The monoisotopic (exact) mass is 593 g/mol. The molecule has 3 aromatic carbocycles. The molecule has 0 aromatic heterocycles. The van der Waals surface area contributed by atoms with Gasteiger partial charge in [0.05, 0.1) is 17.7 Å². The van der Waals surface area contributed by atoms with Crippen LogP contribution in [-0.4, -0.2) is 50.9 Å². The lowest BCUT2D eigenvalue weighted by Crippen LogP contribution is -2.53. The van der Waals surface area contributed by atoms with Crippen molar-refractivity contribution in [1.29, 1.82) is 0 Å². The van der Waals surface area contributed by atoms with Crippen LogP contribution in [-0.2, 0) is 26.2 Å². The summed E-state index contributed by atoms with van der Waals surface area (Å²) in [5.41, 5.74) is 2.21. The minimum Gasteiger partial charge on any atom is -0.497 e. The quantitative estimate of drug-likeness (QED) is 0.257. The van der Waals surface area contributed by atoms with E-state index >= 15 is 0 Å². The molecule has 9 heteroatoms. The third-order valence-corrected chi connectivity index (χ3v) is 9.14. The predicted octanol–water partition coefficient (Wildman–Crippen LogP) is 5.74. The summed E-state index contributed by atoms with van der Waals surface area (Å²) in [5, 5.41) is 2.99. The third kappa shape index (κ3) is 8.12. The SMILES string of the molecule is CC[C@@H](C)NC(=O)[C@H](CC)N(Cc1ccc(OC)cc1)C(=O)CN(c1ccc(C(C)C)cc1)S(=O)(=O)c1ccccc1. The molecule has 0 spiro atoms. The summed E-state index contributed by atoms with van der Waals surface area (Å²) >= 11 is 0. The largest absolute Gasteiger partial charge is 0.497 e. The van der Waals surface area contributed by atoms with Gasteiger partial charge in [0.1, 0.15) is 18.3 Å². The zero-order valence-corrected chi connectivity index (χ0v) is 26.2. The van der Waals surface area contributed by atoms with Gasteiger partial charge in [-0.1, -0.05) is 70.2 Å². The van der Waals surface area contributed by atoms with E-state index in [9.17, 15) is 18.0 Å². The molecule has 0 unspecified atom stereocenters. The van der Waals surface area contributed by atoms with Gasteiger partial charge in [0.25, 0.3) is 10.0 Å². The summed E-state index contributed by atoms with van der Waals surface area (Å²) in [4.78, 5) is 29.1. The van der Waals surface area contributed by atoms with Crippen molar-refractivity contribution in [3.63, 3.8) is 0 Å². The molecule has 0 aliphatic carbocycles. The molecule has 0 fully saturated rings. The number of ether oxygens (including phenoxy) is 1. The number of sulfonamides is 1. The van der Waals surface area contributed by atoms with Gasteiger partial charge in [-0.15, -0.1) is 0 Å². The second-order valence-corrected chi connectivity index (χ2v) is 12.5. The molecule has 42 heavy (non-hydrogen) atoms. The Hall–Kier alpha value is -3.85. The summed E-state index contributed by atoms with van der Waals surface area (Å²) in [6.07, 6.45) is 1.10. The fourth-order valence-corrected chi connectivity index (χ4v) is 6.00. The zero-order chi connectivity index (χ0) is 30.9. The van der Waals surface area contributed by atoms with E-state index in [2.05, 4.69) is 19.2 Å². The molecular formula is C33H43N3O5S. The topological polar surface area (TPSA) is 96.0 Å². The third-order valence-electron chi connectivity index (χ3n) is 7.36. The van der Waals surface area contributed by atoms with E-state index in [1.165, 1.54) is 17.0 Å². The van der Waals surface area contributed by atoms with E-state index in [4.69, 9.17) is 4.74 Å². The average Bonchev–Trinajstić information content (AvgIpc) is 3.00. The number of rotatable bonds is 14. The summed E-state index contributed by atoms with van der Waals surface area (Å²) < 4.78 is 34.3. The Kier molecular flexibility index (Phi) is 11.6. The van der Waals surface area contributed by atoms with Crippen LogP contribution in [0, 0.1) is 0 Å². The maximum absolute atomic E-state index is 14.2. The van der Waals surface area contributed by atoms with Gasteiger partial charge in [0.2, 0.25) is 11.8 Å². The van der Waals surface area contributed by atoms with E-state index in [1.54, 1.807) is 49.6 Å². The highest BCUT2D eigenvalue weighted by Gasteiger charge is 2.34. The second kappa shape index (κ2) is 14.9. The molecule has 0 heterocycles. The molecule has 1 N–H and O–H groups in total. The molecular weight excluding hydrogens is 550 g/mol. The number of nitrogens with one attached hydrogen (secondary N) is 1. The lowest BCUT2D eigenvalue weighted by molar-refractivity contribution is -0.140. The number of hydrogen-bond donors (Lipinski definition) is 1. The van der Waals surface area contributed by atoms with Crippen LogP contribution in [0.3, 0.4) is 0 Å². The first-order valence-corrected chi connectivity index (χ1v) is 15.9. The molecule has 0 radical (unpaired) electrons. The number of benzene rings is 3. The second-order valence-electron chi connectivity index (χ2n) is 10.7. The minimum absolute atomic E-state index is 0.0704. The Morgan fingerprint density at radius 2 is 1.48 bits per heavy atom. The van der Waals surface area contributed by atoms with E-state index < -0.39 is 28.5 Å². The first-order chi connectivity index (χ1) is 20.0. The highest BCUT2D eigenvalue weighted by molar-refractivity contribution is 7.92. The lowest BCUT2D eigenvalue weighted by atomic mass is 10.0. The molecule has 2 amide bonds. The lowest BCUT2D eigenvalue weighted by Gasteiger charge is -2.33. The van der Waals surface area contributed by atoms with Crippen LogP contribution in [0.2, 0.25) is 0 Å². The maximum Gasteiger partial charge on any atom is 0.264 e. The average molecular weight is 594 g/mol. The van der Waals surface area contributed by atoms with Gasteiger partial charge in [0.15, 0.2) is 0 Å². The molecule has 3 aromatic rings. The molecule has 0 aliphatic rings. The summed E-state index contributed by atoms with van der Waals surface area (Å²) in [7, 11) is -2.53.